The third kappa shape index (κ3) is 3.26. The smallest absolute Gasteiger partial charge is 0.228 e. The summed E-state index contributed by atoms with van der Waals surface area (Å²) in [4.78, 5) is 14.6. The molecule has 0 saturated heterocycles. The van der Waals surface area contributed by atoms with Crippen LogP contribution in [-0.4, -0.2) is 28.6 Å². The molecule has 0 radical (unpaired) electrons. The quantitative estimate of drug-likeness (QED) is 0.817. The van der Waals surface area contributed by atoms with Crippen molar-refractivity contribution >= 4 is 16.9 Å². The minimum atomic E-state index is 0.178. The fourth-order valence-electron chi connectivity index (χ4n) is 2.60. The number of aromatic nitrogens is 1. The number of hydrogen-bond donors (Lipinski definition) is 0. The van der Waals surface area contributed by atoms with E-state index >= 15 is 0 Å². The Hall–Kier alpha value is -1.84. The van der Waals surface area contributed by atoms with Gasteiger partial charge >= 0.3 is 0 Å². The first kappa shape index (κ1) is 14.1. The highest BCUT2D eigenvalue weighted by Gasteiger charge is 2.32. The Bertz CT molecular complexity index is 629. The molecule has 0 spiro atoms. The maximum absolute atomic E-state index is 12.6. The molecular weight excluding hydrogens is 264 g/mol. The number of nitrogens with zero attached hydrogens (tertiary/aromatic N) is 2. The van der Waals surface area contributed by atoms with E-state index in [2.05, 4.69) is 19.0 Å². The molecule has 0 N–H and O–H groups in total. The number of fused-ring (bicyclic) bond motifs is 1. The minimum Gasteiger partial charge on any atom is -0.356 e. The molecule has 1 aliphatic carbocycles. The molecule has 0 unspecified atom stereocenters. The Morgan fingerprint density at radius 2 is 2.14 bits per heavy atom. The number of carbonyl (C=O) groups is 1. The molecular formula is C17H22N2O2. The molecule has 0 atom stereocenters. The first-order chi connectivity index (χ1) is 10.1. The maximum atomic E-state index is 12.6. The third-order valence-electron chi connectivity index (χ3n) is 4.03. The monoisotopic (exact) mass is 286 g/mol. The molecule has 3 rings (SSSR count). The molecule has 1 heterocycles. The molecule has 1 aromatic carbocycles. The van der Waals surface area contributed by atoms with Gasteiger partial charge in [-0.1, -0.05) is 31.1 Å². The lowest BCUT2D eigenvalue weighted by Crippen LogP contribution is -2.35. The molecule has 1 fully saturated rings. The number of hydrogen-bond acceptors (Lipinski definition) is 3. The molecule has 1 amide bonds. The van der Waals surface area contributed by atoms with Crippen molar-refractivity contribution in [3.8, 4) is 0 Å². The van der Waals surface area contributed by atoms with Gasteiger partial charge in [-0.3, -0.25) is 4.79 Å². The second-order valence-corrected chi connectivity index (χ2v) is 6.30. The van der Waals surface area contributed by atoms with Crippen molar-refractivity contribution in [1.29, 1.82) is 0 Å². The van der Waals surface area contributed by atoms with Gasteiger partial charge in [0.25, 0.3) is 0 Å². The van der Waals surface area contributed by atoms with Crippen molar-refractivity contribution in [1.82, 2.24) is 10.1 Å². The summed E-state index contributed by atoms with van der Waals surface area (Å²) in [6.07, 6.45) is 3.68. The van der Waals surface area contributed by atoms with Gasteiger partial charge in [-0.25, -0.2) is 0 Å². The number of benzene rings is 1. The summed E-state index contributed by atoms with van der Waals surface area (Å²) in [6, 6.07) is 8.16. The van der Waals surface area contributed by atoms with Crippen LogP contribution < -0.4 is 0 Å². The van der Waals surface area contributed by atoms with Crippen molar-refractivity contribution in [3.63, 3.8) is 0 Å². The Kier molecular flexibility index (Phi) is 3.95. The summed E-state index contributed by atoms with van der Waals surface area (Å²) >= 11 is 0. The third-order valence-corrected chi connectivity index (χ3v) is 4.03. The van der Waals surface area contributed by atoms with E-state index in [0.717, 1.165) is 42.5 Å². The molecule has 0 aliphatic heterocycles. The zero-order chi connectivity index (χ0) is 14.8. The Labute approximate surface area is 125 Å². The zero-order valence-electron chi connectivity index (χ0n) is 12.7. The molecule has 1 aromatic heterocycles. The lowest BCUT2D eigenvalue weighted by molar-refractivity contribution is -0.131. The molecule has 4 nitrogen and oxygen atoms in total. The van der Waals surface area contributed by atoms with Gasteiger partial charge in [-0.15, -0.1) is 0 Å². The van der Waals surface area contributed by atoms with Crippen LogP contribution in [0.5, 0.6) is 0 Å². The molecule has 112 valence electrons. The van der Waals surface area contributed by atoms with Crippen molar-refractivity contribution in [3.05, 3.63) is 30.0 Å². The van der Waals surface area contributed by atoms with Crippen LogP contribution in [0, 0.1) is 5.92 Å². The highest BCUT2D eigenvalue weighted by molar-refractivity contribution is 5.86. The lowest BCUT2D eigenvalue weighted by atomic mass is 10.1. The van der Waals surface area contributed by atoms with E-state index in [9.17, 15) is 4.79 Å². The van der Waals surface area contributed by atoms with Crippen LogP contribution in [0.1, 0.15) is 38.8 Å². The number of amides is 1. The predicted octanol–water partition coefficient (Wildman–Crippen LogP) is 3.41. The van der Waals surface area contributed by atoms with Crippen molar-refractivity contribution < 1.29 is 9.32 Å². The van der Waals surface area contributed by atoms with Crippen LogP contribution in [0.3, 0.4) is 0 Å². The first-order valence-electron chi connectivity index (χ1n) is 7.78. The summed E-state index contributed by atoms with van der Waals surface area (Å²) in [7, 11) is 0. The average molecular weight is 286 g/mol. The van der Waals surface area contributed by atoms with Crippen molar-refractivity contribution in [2.45, 2.75) is 45.6 Å². The predicted molar refractivity (Wildman–Crippen MR) is 81.9 cm³/mol. The van der Waals surface area contributed by atoms with Gasteiger partial charge in [0.2, 0.25) is 5.91 Å². The van der Waals surface area contributed by atoms with Gasteiger partial charge in [-0.2, -0.15) is 0 Å². The van der Waals surface area contributed by atoms with E-state index in [1.165, 1.54) is 0 Å². The van der Waals surface area contributed by atoms with E-state index in [4.69, 9.17) is 4.52 Å². The molecule has 0 bridgehead atoms. The maximum Gasteiger partial charge on any atom is 0.228 e. The Morgan fingerprint density at radius 3 is 2.86 bits per heavy atom. The number of para-hydroxylation sites is 1. The van der Waals surface area contributed by atoms with Crippen LogP contribution in [0.15, 0.2) is 28.8 Å². The van der Waals surface area contributed by atoms with Gasteiger partial charge in [0.1, 0.15) is 5.69 Å². The normalized spacial score (nSPS) is 14.8. The van der Waals surface area contributed by atoms with Crippen LogP contribution >= 0.6 is 0 Å². The SMILES string of the molecule is CC(C)CCN(C(=O)Cc1noc2ccccc12)C1CC1. The second-order valence-electron chi connectivity index (χ2n) is 6.30. The fraction of sp³-hybridized carbons (Fsp3) is 0.529. The fourth-order valence-corrected chi connectivity index (χ4v) is 2.60. The summed E-state index contributed by atoms with van der Waals surface area (Å²) in [5, 5.41) is 5.02. The molecule has 2 aromatic rings. The molecule has 1 saturated carbocycles. The van der Waals surface area contributed by atoms with Gasteiger partial charge in [0, 0.05) is 18.0 Å². The summed E-state index contributed by atoms with van der Waals surface area (Å²) < 4.78 is 5.28. The van der Waals surface area contributed by atoms with E-state index in [-0.39, 0.29) is 5.91 Å². The van der Waals surface area contributed by atoms with Crippen LogP contribution in [-0.2, 0) is 11.2 Å². The van der Waals surface area contributed by atoms with Crippen molar-refractivity contribution in [2.24, 2.45) is 5.92 Å². The molecule has 4 heteroatoms. The van der Waals surface area contributed by atoms with Crippen LogP contribution in [0.25, 0.3) is 11.0 Å². The standard InChI is InChI=1S/C17H22N2O2/c1-12(2)9-10-19(13-7-8-13)17(20)11-15-14-5-3-4-6-16(14)21-18-15/h3-6,12-13H,7-11H2,1-2H3. The minimum absolute atomic E-state index is 0.178. The van der Waals surface area contributed by atoms with Crippen molar-refractivity contribution in [2.75, 3.05) is 6.54 Å². The topological polar surface area (TPSA) is 46.3 Å². The summed E-state index contributed by atoms with van der Waals surface area (Å²) in [6.45, 7) is 5.25. The highest BCUT2D eigenvalue weighted by Crippen LogP contribution is 2.28. The molecule has 21 heavy (non-hydrogen) atoms. The Balaban J connectivity index is 1.71. The lowest BCUT2D eigenvalue weighted by Gasteiger charge is -2.23. The average Bonchev–Trinajstić information content (AvgIpc) is 3.21. The zero-order valence-corrected chi connectivity index (χ0v) is 12.7. The van der Waals surface area contributed by atoms with Crippen LogP contribution in [0.4, 0.5) is 0 Å². The summed E-state index contributed by atoms with van der Waals surface area (Å²) in [5.74, 6) is 0.795. The summed E-state index contributed by atoms with van der Waals surface area (Å²) in [5.41, 5.74) is 1.51. The number of carbonyl (C=O) groups excluding carboxylic acids is 1. The van der Waals surface area contributed by atoms with Crippen LogP contribution in [0.2, 0.25) is 0 Å². The second kappa shape index (κ2) is 5.88. The van der Waals surface area contributed by atoms with Gasteiger partial charge < -0.3 is 9.42 Å². The largest absolute Gasteiger partial charge is 0.356 e. The first-order valence-corrected chi connectivity index (χ1v) is 7.78. The van der Waals surface area contributed by atoms with Gasteiger partial charge in [0.15, 0.2) is 5.58 Å². The van der Waals surface area contributed by atoms with Gasteiger partial charge in [0.05, 0.1) is 6.42 Å². The highest BCUT2D eigenvalue weighted by atomic mass is 16.5. The van der Waals surface area contributed by atoms with E-state index in [1.807, 2.05) is 29.2 Å². The van der Waals surface area contributed by atoms with E-state index in [1.54, 1.807) is 0 Å². The van der Waals surface area contributed by atoms with Gasteiger partial charge in [-0.05, 0) is 37.3 Å². The van der Waals surface area contributed by atoms with E-state index in [0.29, 0.717) is 18.4 Å². The Morgan fingerprint density at radius 1 is 1.38 bits per heavy atom. The van der Waals surface area contributed by atoms with E-state index < -0.39 is 0 Å². The molecule has 1 aliphatic rings. The number of rotatable bonds is 6.